The predicted octanol–water partition coefficient (Wildman–Crippen LogP) is 4.59. The molecule has 1 aromatic carbocycles. The number of guanidine groups is 1. The van der Waals surface area contributed by atoms with E-state index in [0.29, 0.717) is 24.1 Å². The molecule has 0 spiro atoms. The molecule has 2 aromatic heterocycles. The van der Waals surface area contributed by atoms with Crippen LogP contribution in [0, 0.1) is 6.92 Å². The summed E-state index contributed by atoms with van der Waals surface area (Å²) in [4.78, 5) is 12.4. The summed E-state index contributed by atoms with van der Waals surface area (Å²) in [7, 11) is 0. The summed E-state index contributed by atoms with van der Waals surface area (Å²) in [5.74, 6) is 1.48. The molecule has 0 aliphatic rings. The van der Waals surface area contributed by atoms with E-state index in [2.05, 4.69) is 42.3 Å². The van der Waals surface area contributed by atoms with Gasteiger partial charge in [-0.1, -0.05) is 24.3 Å². The Hall–Kier alpha value is -2.15. The van der Waals surface area contributed by atoms with Gasteiger partial charge >= 0.3 is 6.18 Å². The largest absolute Gasteiger partial charge is 0.434 e. The molecule has 3 aromatic rings. The van der Waals surface area contributed by atoms with Gasteiger partial charge < -0.3 is 15.2 Å². The van der Waals surface area contributed by atoms with Gasteiger partial charge in [-0.05, 0) is 25.0 Å². The van der Waals surface area contributed by atoms with Crippen LogP contribution in [0.25, 0.3) is 0 Å². The summed E-state index contributed by atoms with van der Waals surface area (Å²) in [5.41, 5.74) is 1.32. The third-order valence-corrected chi connectivity index (χ3v) is 5.13. The minimum atomic E-state index is -4.42. The molecule has 0 saturated carbocycles. The summed E-state index contributed by atoms with van der Waals surface area (Å²) in [6.45, 7) is 5.87. The molecule has 0 radical (unpaired) electrons. The summed E-state index contributed by atoms with van der Waals surface area (Å²) >= 11 is 0.972. The first-order valence-corrected chi connectivity index (χ1v) is 10.3. The highest BCUT2D eigenvalue weighted by Gasteiger charge is 2.33. The van der Waals surface area contributed by atoms with Crippen molar-refractivity contribution >= 4 is 41.3 Å². The molecule has 31 heavy (non-hydrogen) atoms. The van der Waals surface area contributed by atoms with E-state index in [-0.39, 0.29) is 30.5 Å². The Morgan fingerprint density at radius 2 is 2.00 bits per heavy atom. The van der Waals surface area contributed by atoms with E-state index in [1.165, 1.54) is 0 Å². The van der Waals surface area contributed by atoms with E-state index in [1.54, 1.807) is 6.20 Å². The minimum absolute atomic E-state index is 0. The van der Waals surface area contributed by atoms with Crippen LogP contribution in [0.5, 0.6) is 0 Å². The van der Waals surface area contributed by atoms with Gasteiger partial charge in [-0.3, -0.25) is 0 Å². The molecule has 3 rings (SSSR count). The van der Waals surface area contributed by atoms with Gasteiger partial charge in [0.05, 0.1) is 13.1 Å². The van der Waals surface area contributed by atoms with Crippen LogP contribution in [0.2, 0.25) is 0 Å². The normalized spacial score (nSPS) is 11.8. The molecule has 0 fully saturated rings. The second-order valence-electron chi connectivity index (χ2n) is 6.60. The number of nitrogens with one attached hydrogen (secondary N) is 2. The fourth-order valence-corrected chi connectivity index (χ4v) is 3.53. The van der Waals surface area contributed by atoms with Crippen LogP contribution in [0.3, 0.4) is 0 Å². The van der Waals surface area contributed by atoms with E-state index in [1.807, 2.05) is 32.2 Å². The number of aromatic nitrogens is 3. The van der Waals surface area contributed by atoms with Crippen LogP contribution >= 0.6 is 35.3 Å². The molecule has 6 nitrogen and oxygen atoms in total. The van der Waals surface area contributed by atoms with Crippen molar-refractivity contribution in [2.75, 3.05) is 6.54 Å². The van der Waals surface area contributed by atoms with E-state index in [4.69, 9.17) is 0 Å². The third kappa shape index (κ3) is 7.49. The average molecular weight is 564 g/mol. The van der Waals surface area contributed by atoms with Gasteiger partial charge in [0.1, 0.15) is 10.8 Å². The minimum Gasteiger partial charge on any atom is -0.357 e. The first-order chi connectivity index (χ1) is 14.3. The number of rotatable bonds is 7. The molecule has 0 amide bonds. The highest BCUT2D eigenvalue weighted by atomic mass is 127. The monoisotopic (exact) mass is 564 g/mol. The van der Waals surface area contributed by atoms with Gasteiger partial charge in [0, 0.05) is 30.9 Å². The number of aliphatic imine (C=N–C) groups is 1. The average Bonchev–Trinajstić information content (AvgIpc) is 3.34. The van der Waals surface area contributed by atoms with Gasteiger partial charge in [-0.25, -0.2) is 15.0 Å². The van der Waals surface area contributed by atoms with Crippen LogP contribution in [-0.4, -0.2) is 27.0 Å². The maximum Gasteiger partial charge on any atom is 0.434 e. The lowest BCUT2D eigenvalue weighted by molar-refractivity contribution is -0.140. The zero-order valence-corrected chi connectivity index (χ0v) is 20.3. The summed E-state index contributed by atoms with van der Waals surface area (Å²) in [6.07, 6.45) is -0.707. The van der Waals surface area contributed by atoms with Gasteiger partial charge in [-0.2, -0.15) is 13.2 Å². The van der Waals surface area contributed by atoms with E-state index in [0.717, 1.165) is 40.2 Å². The first-order valence-electron chi connectivity index (χ1n) is 9.44. The zero-order valence-electron chi connectivity index (χ0n) is 17.1. The topological polar surface area (TPSA) is 67.1 Å². The lowest BCUT2D eigenvalue weighted by Gasteiger charge is -2.11. The first kappa shape index (κ1) is 25.1. The number of imidazole rings is 1. The Balaban J connectivity index is 0.00000341. The maximum absolute atomic E-state index is 12.7. The molecule has 168 valence electrons. The predicted molar refractivity (Wildman–Crippen MR) is 127 cm³/mol. The standard InChI is InChI=1S/C20H23F3N6S.HI/c1-3-24-19(27-11-18-28-17(13-30-18)20(21,22)23)26-10-15-5-4-6-16(9-15)12-29-8-7-25-14(29)2;/h4-9,13H,3,10-12H2,1-2H3,(H2,24,26,27);1H. The number of hydrogen-bond acceptors (Lipinski definition) is 4. The summed E-state index contributed by atoms with van der Waals surface area (Å²) < 4.78 is 40.1. The van der Waals surface area contributed by atoms with Crippen LogP contribution in [-0.2, 0) is 25.8 Å². The number of halogens is 4. The SMILES string of the molecule is CCNC(=NCc1cccc(Cn2ccnc2C)c1)NCc1nc(C(F)(F)F)cs1.I. The molecular formula is C20H24F3IN6S. The van der Waals surface area contributed by atoms with Crippen molar-refractivity contribution in [3.05, 3.63) is 69.7 Å². The molecule has 2 heterocycles. The lowest BCUT2D eigenvalue weighted by Crippen LogP contribution is -2.36. The Kier molecular flexibility index (Phi) is 9.29. The van der Waals surface area contributed by atoms with Crippen molar-refractivity contribution in [1.82, 2.24) is 25.2 Å². The molecule has 0 bridgehead atoms. The maximum atomic E-state index is 12.7. The second kappa shape index (κ2) is 11.5. The fourth-order valence-electron chi connectivity index (χ4n) is 2.79. The molecular weight excluding hydrogens is 540 g/mol. The fraction of sp³-hybridized carbons (Fsp3) is 0.350. The smallest absolute Gasteiger partial charge is 0.357 e. The molecule has 0 aliphatic carbocycles. The lowest BCUT2D eigenvalue weighted by atomic mass is 10.1. The third-order valence-electron chi connectivity index (χ3n) is 4.28. The quantitative estimate of drug-likeness (QED) is 0.251. The van der Waals surface area contributed by atoms with E-state index >= 15 is 0 Å². The summed E-state index contributed by atoms with van der Waals surface area (Å²) in [6, 6.07) is 8.12. The van der Waals surface area contributed by atoms with Crippen molar-refractivity contribution < 1.29 is 13.2 Å². The van der Waals surface area contributed by atoms with Crippen molar-refractivity contribution in [1.29, 1.82) is 0 Å². The molecule has 0 atom stereocenters. The van der Waals surface area contributed by atoms with Gasteiger partial charge in [-0.15, -0.1) is 35.3 Å². The Labute approximate surface area is 200 Å². The van der Waals surface area contributed by atoms with Crippen LogP contribution in [0.4, 0.5) is 13.2 Å². The Bertz CT molecular complexity index is 999. The highest BCUT2D eigenvalue weighted by molar-refractivity contribution is 14.0. The van der Waals surface area contributed by atoms with E-state index < -0.39 is 11.9 Å². The van der Waals surface area contributed by atoms with Crippen molar-refractivity contribution in [3.63, 3.8) is 0 Å². The molecule has 2 N–H and O–H groups in total. The Morgan fingerprint density at radius 3 is 2.65 bits per heavy atom. The molecule has 11 heteroatoms. The van der Waals surface area contributed by atoms with Crippen LogP contribution in [0.1, 0.15) is 34.6 Å². The molecule has 0 unspecified atom stereocenters. The van der Waals surface area contributed by atoms with Crippen molar-refractivity contribution in [2.24, 2.45) is 4.99 Å². The van der Waals surface area contributed by atoms with Crippen LogP contribution < -0.4 is 10.6 Å². The molecule has 0 saturated heterocycles. The zero-order chi connectivity index (χ0) is 21.6. The molecule has 0 aliphatic heterocycles. The van der Waals surface area contributed by atoms with Gasteiger partial charge in [0.2, 0.25) is 0 Å². The second-order valence-corrected chi connectivity index (χ2v) is 7.54. The number of thiazole rings is 1. The number of hydrogen-bond donors (Lipinski definition) is 2. The number of nitrogens with zero attached hydrogens (tertiary/aromatic N) is 4. The Morgan fingerprint density at radius 1 is 1.23 bits per heavy atom. The van der Waals surface area contributed by atoms with Crippen LogP contribution in [0.15, 0.2) is 47.0 Å². The van der Waals surface area contributed by atoms with Crippen molar-refractivity contribution in [3.8, 4) is 0 Å². The number of aryl methyl sites for hydroxylation is 1. The van der Waals surface area contributed by atoms with Gasteiger partial charge in [0.25, 0.3) is 0 Å². The van der Waals surface area contributed by atoms with E-state index in [9.17, 15) is 13.2 Å². The number of benzene rings is 1. The summed E-state index contributed by atoms with van der Waals surface area (Å²) in [5, 5.41) is 7.51. The van der Waals surface area contributed by atoms with Gasteiger partial charge in [0.15, 0.2) is 11.7 Å². The van der Waals surface area contributed by atoms with Crippen molar-refractivity contribution in [2.45, 2.75) is 39.7 Å². The highest BCUT2D eigenvalue weighted by Crippen LogP contribution is 2.29. The number of alkyl halides is 3.